The first-order valence-electron chi connectivity index (χ1n) is 6.79. The number of benzene rings is 1. The Morgan fingerprint density at radius 3 is 2.68 bits per heavy atom. The van der Waals surface area contributed by atoms with E-state index in [-0.39, 0.29) is 0 Å². The van der Waals surface area contributed by atoms with Gasteiger partial charge in [0.2, 0.25) is 0 Å². The van der Waals surface area contributed by atoms with Gasteiger partial charge in [-0.3, -0.25) is 0 Å². The number of hydrogen-bond acceptors (Lipinski definition) is 4. The minimum Gasteiger partial charge on any atom is -0.496 e. The summed E-state index contributed by atoms with van der Waals surface area (Å²) in [6.45, 7) is 5.07. The Morgan fingerprint density at radius 1 is 1.26 bits per heavy atom. The molecule has 0 bridgehead atoms. The third kappa shape index (κ3) is 5.59. The van der Waals surface area contributed by atoms with Crippen molar-refractivity contribution in [2.24, 2.45) is 5.73 Å². The summed E-state index contributed by atoms with van der Waals surface area (Å²) in [5.41, 5.74) is 6.63. The summed E-state index contributed by atoms with van der Waals surface area (Å²) in [4.78, 5) is 2.29. The standard InChI is InChI=1S/C15H26N2O2/c1-13(17(2)9-11-19-10-8-16)12-14-6-4-5-7-15(14)18-3/h4-7,13H,8-12,16H2,1-3H3. The number of nitrogens with two attached hydrogens (primary N) is 1. The Balaban J connectivity index is 2.42. The van der Waals surface area contributed by atoms with E-state index in [1.165, 1.54) is 5.56 Å². The van der Waals surface area contributed by atoms with Gasteiger partial charge in [0.15, 0.2) is 0 Å². The van der Waals surface area contributed by atoms with Crippen molar-refractivity contribution < 1.29 is 9.47 Å². The van der Waals surface area contributed by atoms with Crippen molar-refractivity contribution in [2.45, 2.75) is 19.4 Å². The third-order valence-corrected chi connectivity index (χ3v) is 3.31. The maximum absolute atomic E-state index is 5.41. The quantitative estimate of drug-likeness (QED) is 0.689. The van der Waals surface area contributed by atoms with Gasteiger partial charge in [-0.15, -0.1) is 0 Å². The number of para-hydroxylation sites is 1. The van der Waals surface area contributed by atoms with Crippen LogP contribution in [0, 0.1) is 0 Å². The van der Waals surface area contributed by atoms with Crippen LogP contribution in [0.3, 0.4) is 0 Å². The van der Waals surface area contributed by atoms with Gasteiger partial charge in [0, 0.05) is 19.1 Å². The molecular formula is C15H26N2O2. The zero-order chi connectivity index (χ0) is 14.1. The van der Waals surface area contributed by atoms with E-state index in [1.807, 2.05) is 12.1 Å². The molecule has 1 rings (SSSR count). The van der Waals surface area contributed by atoms with Crippen LogP contribution in [-0.4, -0.2) is 51.4 Å². The molecule has 0 amide bonds. The molecule has 4 heteroatoms. The average Bonchev–Trinajstić information content (AvgIpc) is 2.44. The van der Waals surface area contributed by atoms with Crippen LogP contribution in [0.4, 0.5) is 0 Å². The predicted octanol–water partition coefficient (Wildman–Crippen LogP) is 1.53. The highest BCUT2D eigenvalue weighted by Crippen LogP contribution is 2.20. The first kappa shape index (κ1) is 16.0. The molecule has 19 heavy (non-hydrogen) atoms. The molecule has 0 aliphatic heterocycles. The molecule has 0 heterocycles. The van der Waals surface area contributed by atoms with Crippen LogP contribution >= 0.6 is 0 Å². The van der Waals surface area contributed by atoms with Gasteiger partial charge in [0.25, 0.3) is 0 Å². The monoisotopic (exact) mass is 266 g/mol. The first-order chi connectivity index (χ1) is 9.19. The highest BCUT2D eigenvalue weighted by atomic mass is 16.5. The van der Waals surface area contributed by atoms with Gasteiger partial charge in [-0.05, 0) is 32.0 Å². The van der Waals surface area contributed by atoms with Crippen molar-refractivity contribution >= 4 is 0 Å². The van der Waals surface area contributed by atoms with Crippen molar-refractivity contribution in [1.29, 1.82) is 0 Å². The van der Waals surface area contributed by atoms with Gasteiger partial charge in [0.05, 0.1) is 20.3 Å². The molecular weight excluding hydrogens is 240 g/mol. The molecule has 0 saturated carbocycles. The molecule has 0 aliphatic carbocycles. The van der Waals surface area contributed by atoms with Gasteiger partial charge in [-0.2, -0.15) is 0 Å². The second-order valence-electron chi connectivity index (χ2n) is 4.75. The van der Waals surface area contributed by atoms with Gasteiger partial charge in [0.1, 0.15) is 5.75 Å². The normalized spacial score (nSPS) is 12.7. The van der Waals surface area contributed by atoms with Crippen molar-refractivity contribution in [3.8, 4) is 5.75 Å². The topological polar surface area (TPSA) is 47.7 Å². The van der Waals surface area contributed by atoms with Crippen molar-refractivity contribution in [2.75, 3.05) is 40.5 Å². The summed E-state index contributed by atoms with van der Waals surface area (Å²) in [7, 11) is 3.83. The SMILES string of the molecule is COc1ccccc1CC(C)N(C)CCOCCN. The minimum atomic E-state index is 0.442. The Morgan fingerprint density at radius 2 is 2.00 bits per heavy atom. The maximum Gasteiger partial charge on any atom is 0.122 e. The Hall–Kier alpha value is -1.10. The fourth-order valence-electron chi connectivity index (χ4n) is 1.96. The van der Waals surface area contributed by atoms with Crippen LogP contribution in [0.15, 0.2) is 24.3 Å². The molecule has 0 radical (unpaired) electrons. The van der Waals surface area contributed by atoms with Gasteiger partial charge < -0.3 is 20.1 Å². The number of rotatable bonds is 9. The van der Waals surface area contributed by atoms with E-state index < -0.39 is 0 Å². The average molecular weight is 266 g/mol. The molecule has 0 spiro atoms. The highest BCUT2D eigenvalue weighted by Gasteiger charge is 2.12. The lowest BCUT2D eigenvalue weighted by Crippen LogP contribution is -2.34. The smallest absolute Gasteiger partial charge is 0.122 e. The van der Waals surface area contributed by atoms with Crippen molar-refractivity contribution in [1.82, 2.24) is 4.90 Å². The molecule has 0 aliphatic rings. The van der Waals surface area contributed by atoms with Crippen LogP contribution in [0.2, 0.25) is 0 Å². The van der Waals surface area contributed by atoms with Crippen molar-refractivity contribution in [3.05, 3.63) is 29.8 Å². The van der Waals surface area contributed by atoms with E-state index in [4.69, 9.17) is 15.2 Å². The fourth-order valence-corrected chi connectivity index (χ4v) is 1.96. The maximum atomic E-state index is 5.41. The van der Waals surface area contributed by atoms with Crippen LogP contribution in [0.1, 0.15) is 12.5 Å². The second-order valence-corrected chi connectivity index (χ2v) is 4.75. The molecule has 0 fully saturated rings. The first-order valence-corrected chi connectivity index (χ1v) is 6.79. The fraction of sp³-hybridized carbons (Fsp3) is 0.600. The number of likely N-dealkylation sites (N-methyl/N-ethyl adjacent to an activating group) is 1. The van der Waals surface area contributed by atoms with E-state index in [0.29, 0.717) is 19.2 Å². The van der Waals surface area contributed by atoms with Gasteiger partial charge >= 0.3 is 0 Å². The Labute approximate surface area is 116 Å². The Kier molecular flexibility index (Phi) is 7.48. The van der Waals surface area contributed by atoms with E-state index in [1.54, 1.807) is 7.11 Å². The molecule has 1 atom stereocenters. The van der Waals surface area contributed by atoms with Crippen LogP contribution in [-0.2, 0) is 11.2 Å². The molecule has 0 saturated heterocycles. The molecule has 1 aromatic carbocycles. The number of methoxy groups -OCH3 is 1. The lowest BCUT2D eigenvalue weighted by molar-refractivity contribution is 0.106. The summed E-state index contributed by atoms with van der Waals surface area (Å²) in [6, 6.07) is 8.62. The summed E-state index contributed by atoms with van der Waals surface area (Å²) >= 11 is 0. The van der Waals surface area contributed by atoms with Crippen molar-refractivity contribution in [3.63, 3.8) is 0 Å². The lowest BCUT2D eigenvalue weighted by Gasteiger charge is -2.25. The van der Waals surface area contributed by atoms with E-state index >= 15 is 0 Å². The molecule has 0 aromatic heterocycles. The number of nitrogens with zero attached hydrogens (tertiary/aromatic N) is 1. The van der Waals surface area contributed by atoms with E-state index in [2.05, 4.69) is 31.0 Å². The largest absolute Gasteiger partial charge is 0.496 e. The van der Waals surface area contributed by atoms with Crippen LogP contribution in [0.25, 0.3) is 0 Å². The Bertz CT molecular complexity index is 358. The summed E-state index contributed by atoms with van der Waals surface area (Å²) < 4.78 is 10.8. The lowest BCUT2D eigenvalue weighted by atomic mass is 10.1. The zero-order valence-corrected chi connectivity index (χ0v) is 12.3. The summed E-state index contributed by atoms with van der Waals surface area (Å²) in [6.07, 6.45) is 0.970. The summed E-state index contributed by atoms with van der Waals surface area (Å²) in [5.74, 6) is 0.960. The molecule has 1 aromatic rings. The van der Waals surface area contributed by atoms with E-state index in [9.17, 15) is 0 Å². The van der Waals surface area contributed by atoms with Gasteiger partial charge in [-0.25, -0.2) is 0 Å². The summed E-state index contributed by atoms with van der Waals surface area (Å²) in [5, 5.41) is 0. The molecule has 108 valence electrons. The molecule has 1 unspecified atom stereocenters. The third-order valence-electron chi connectivity index (χ3n) is 3.31. The molecule has 4 nitrogen and oxygen atoms in total. The zero-order valence-electron chi connectivity index (χ0n) is 12.3. The van der Waals surface area contributed by atoms with Crippen LogP contribution in [0.5, 0.6) is 5.75 Å². The van der Waals surface area contributed by atoms with Gasteiger partial charge in [-0.1, -0.05) is 18.2 Å². The number of ether oxygens (including phenoxy) is 2. The van der Waals surface area contributed by atoms with Crippen LogP contribution < -0.4 is 10.5 Å². The highest BCUT2D eigenvalue weighted by molar-refractivity contribution is 5.33. The predicted molar refractivity (Wildman–Crippen MR) is 78.7 cm³/mol. The minimum absolute atomic E-state index is 0.442. The second kappa shape index (κ2) is 8.91. The number of hydrogen-bond donors (Lipinski definition) is 1. The molecule has 2 N–H and O–H groups in total. The van der Waals surface area contributed by atoms with E-state index in [0.717, 1.165) is 25.3 Å².